The van der Waals surface area contributed by atoms with Crippen LogP contribution < -0.4 is 20.4 Å². The van der Waals surface area contributed by atoms with Gasteiger partial charge in [-0.05, 0) is 0 Å². The maximum atomic E-state index is 9.98. The zero-order chi connectivity index (χ0) is 42.4. The van der Waals surface area contributed by atoms with E-state index in [2.05, 4.69) is 0 Å². The molecule has 20 N–H and O–H groups in total. The van der Waals surface area contributed by atoms with E-state index in [-0.39, 0.29) is 42.5 Å². The molecule has 0 aliphatic heterocycles. The van der Waals surface area contributed by atoms with Crippen LogP contribution in [0.3, 0.4) is 0 Å². The summed E-state index contributed by atoms with van der Waals surface area (Å²) >= 11 is 0. The molecule has 0 heterocycles. The number of rotatable bonds is 20. The van der Waals surface area contributed by atoms with Crippen LogP contribution in [0.4, 0.5) is 0 Å². The molecule has 0 spiro atoms. The van der Waals surface area contributed by atoms with Crippen LogP contribution in [-0.2, 0) is 38.7 Å². The van der Waals surface area contributed by atoms with E-state index >= 15 is 0 Å². The van der Waals surface area contributed by atoms with Crippen molar-refractivity contribution < 1.29 is 161 Å². The summed E-state index contributed by atoms with van der Waals surface area (Å²) in [5.74, 6) is -7.90. The van der Waals surface area contributed by atoms with Crippen LogP contribution in [0.25, 0.3) is 0 Å². The number of aliphatic hydroxyl groups is 20. The fraction of sp³-hybridized carbons (Fsp3) is 0.833. The molecule has 54 heavy (non-hydrogen) atoms. The van der Waals surface area contributed by atoms with Gasteiger partial charge in [-0.3, -0.25) is 0 Å². The Hall–Kier alpha value is -1.53. The van der Waals surface area contributed by atoms with Gasteiger partial charge in [-0.25, -0.2) is 0 Å². The summed E-state index contributed by atoms with van der Waals surface area (Å²) in [6, 6.07) is 0. The first-order chi connectivity index (χ1) is 23.7. The van der Waals surface area contributed by atoms with Crippen molar-refractivity contribution in [3.63, 3.8) is 0 Å². The number of carbonyl (C=O) groups excluding carboxylic acids is 4. The van der Waals surface area contributed by atoms with Gasteiger partial charge in [-0.2, -0.15) is 0 Å². The summed E-state index contributed by atoms with van der Waals surface area (Å²) in [5.41, 5.74) is 0. The standard InChI is InChI=1S/4C6H12O7.Mg.Zn/c4*7-1-2(8)3(9)4(10)5(11)6(12)13;;/h4*2-5,7-11H,1H2,(H,12,13);;/q;;;;2*+2/p-4. The van der Waals surface area contributed by atoms with Crippen molar-refractivity contribution in [1.29, 1.82) is 0 Å². The second-order valence-corrected chi connectivity index (χ2v) is 9.98. The number of aliphatic carboxylic acids is 4. The minimum absolute atomic E-state index is 0. The van der Waals surface area contributed by atoms with Gasteiger partial charge in [0.05, 0.1) is 50.3 Å². The maximum absolute atomic E-state index is 9.98. The molecule has 0 amide bonds. The molecule has 16 unspecified atom stereocenters. The molecule has 16 atom stereocenters. The molecule has 0 rings (SSSR count). The first-order valence-corrected chi connectivity index (χ1v) is 13.8. The van der Waals surface area contributed by atoms with Crippen molar-refractivity contribution in [3.05, 3.63) is 0 Å². The van der Waals surface area contributed by atoms with E-state index in [0.29, 0.717) is 0 Å². The second kappa shape index (κ2) is 33.6. The third-order valence-electron chi connectivity index (χ3n) is 5.98. The normalized spacial score (nSPS) is 19.6. The maximum Gasteiger partial charge on any atom is 2.00 e. The average Bonchev–Trinajstić information content (AvgIpc) is 3.12. The van der Waals surface area contributed by atoms with Crippen molar-refractivity contribution in [3.8, 4) is 0 Å². The Kier molecular flexibility index (Phi) is 40.0. The molecule has 0 aromatic heterocycles. The summed E-state index contributed by atoms with van der Waals surface area (Å²) in [4.78, 5) is 39.9. The van der Waals surface area contributed by atoms with Gasteiger partial charge >= 0.3 is 42.5 Å². The number of carboxylic acids is 4. The van der Waals surface area contributed by atoms with Crippen molar-refractivity contribution in [1.82, 2.24) is 0 Å². The molecule has 0 fully saturated rings. The van der Waals surface area contributed by atoms with E-state index < -0.39 is 148 Å². The number of carbonyl (C=O) groups is 4. The minimum Gasteiger partial charge on any atom is -0.547 e. The zero-order valence-corrected chi connectivity index (χ0v) is 32.1. The Morgan fingerprint density at radius 1 is 0.315 bits per heavy atom. The molecule has 30 heteroatoms. The Morgan fingerprint density at radius 2 is 0.426 bits per heavy atom. The van der Waals surface area contributed by atoms with Crippen LogP contribution in [0.1, 0.15) is 0 Å². The van der Waals surface area contributed by atoms with E-state index in [4.69, 9.17) is 102 Å². The molecule has 0 aliphatic carbocycles. The SMILES string of the molecule is O=C([O-])C(O)C(O)C(O)C(O)CO.O=C([O-])C(O)C(O)C(O)C(O)CO.O=C([O-])C(O)C(O)C(O)C(O)CO.O=C([O-])C(O)C(O)C(O)C(O)CO.[Mg+2].[Zn+2]. The van der Waals surface area contributed by atoms with E-state index in [0.717, 1.165) is 0 Å². The van der Waals surface area contributed by atoms with E-state index in [9.17, 15) is 39.6 Å². The third kappa shape index (κ3) is 24.9. The van der Waals surface area contributed by atoms with Gasteiger partial charge in [0.1, 0.15) is 97.7 Å². The summed E-state index contributed by atoms with van der Waals surface area (Å²) in [7, 11) is 0. The van der Waals surface area contributed by atoms with Gasteiger partial charge in [0.15, 0.2) is 0 Å². The Bertz CT molecular complexity index is 848. The third-order valence-corrected chi connectivity index (χ3v) is 5.98. The molecule has 0 aliphatic rings. The van der Waals surface area contributed by atoms with Gasteiger partial charge in [0, 0.05) is 0 Å². The molecule has 0 aromatic rings. The topological polar surface area (TPSA) is 565 Å². The van der Waals surface area contributed by atoms with Gasteiger partial charge in [-0.1, -0.05) is 0 Å². The average molecular weight is 870 g/mol. The minimum atomic E-state index is -2.31. The van der Waals surface area contributed by atoms with Gasteiger partial charge in [0.2, 0.25) is 0 Å². The zero-order valence-electron chi connectivity index (χ0n) is 27.7. The molecule has 312 valence electrons. The first kappa shape index (κ1) is 64.4. The molecule has 0 bridgehead atoms. The van der Waals surface area contributed by atoms with Crippen LogP contribution in [0, 0.1) is 0 Å². The summed E-state index contributed by atoms with van der Waals surface area (Å²) < 4.78 is 0. The van der Waals surface area contributed by atoms with Gasteiger partial charge in [-0.15, -0.1) is 0 Å². The van der Waals surface area contributed by atoms with Crippen LogP contribution in [0.5, 0.6) is 0 Å². The van der Waals surface area contributed by atoms with Crippen LogP contribution in [-0.4, -0.2) is 273 Å². The molecule has 0 saturated carbocycles. The van der Waals surface area contributed by atoms with Crippen LogP contribution in [0.15, 0.2) is 0 Å². The Morgan fingerprint density at radius 3 is 0.500 bits per heavy atom. The van der Waals surface area contributed by atoms with Gasteiger partial charge < -0.3 is 142 Å². The Balaban J connectivity index is -0.000000140. The largest absolute Gasteiger partial charge is 2.00 e. The van der Waals surface area contributed by atoms with Gasteiger partial charge in [0.25, 0.3) is 0 Å². The van der Waals surface area contributed by atoms with Crippen molar-refractivity contribution >= 4 is 46.9 Å². The summed E-state index contributed by atoms with van der Waals surface area (Å²) in [6.45, 7) is -3.45. The molecule has 0 radical (unpaired) electrons. The summed E-state index contributed by atoms with van der Waals surface area (Å²) in [6.07, 6.45) is -32.3. The molecular weight excluding hydrogens is 826 g/mol. The fourth-order valence-corrected chi connectivity index (χ4v) is 2.65. The second-order valence-electron chi connectivity index (χ2n) is 9.98. The number of aliphatic hydroxyl groups excluding tert-OH is 20. The monoisotopic (exact) mass is 868 g/mol. The molecule has 28 nitrogen and oxygen atoms in total. The predicted molar refractivity (Wildman–Crippen MR) is 150 cm³/mol. The van der Waals surface area contributed by atoms with E-state index in [1.165, 1.54) is 0 Å². The number of hydrogen-bond donors (Lipinski definition) is 20. The van der Waals surface area contributed by atoms with Crippen molar-refractivity contribution in [2.45, 2.75) is 97.7 Å². The molecular formula is C24H44MgO28Zn. The predicted octanol–water partition coefficient (Wildman–Crippen LogP) is -19.7. The van der Waals surface area contributed by atoms with E-state index in [1.54, 1.807) is 0 Å². The first-order valence-electron chi connectivity index (χ1n) is 13.8. The smallest absolute Gasteiger partial charge is 0.547 e. The quantitative estimate of drug-likeness (QED) is 0.0505. The van der Waals surface area contributed by atoms with Crippen molar-refractivity contribution in [2.75, 3.05) is 26.4 Å². The van der Waals surface area contributed by atoms with Crippen LogP contribution >= 0.6 is 0 Å². The molecule has 0 aromatic carbocycles. The summed E-state index contributed by atoms with van der Waals surface area (Å²) in [5, 5.41) is 214. The Labute approximate surface area is 331 Å². The van der Waals surface area contributed by atoms with Crippen LogP contribution in [0.2, 0.25) is 0 Å². The van der Waals surface area contributed by atoms with E-state index in [1.807, 2.05) is 0 Å². The van der Waals surface area contributed by atoms with Crippen molar-refractivity contribution in [2.24, 2.45) is 0 Å². The fourth-order valence-electron chi connectivity index (χ4n) is 2.65. The number of hydrogen-bond acceptors (Lipinski definition) is 28. The molecule has 0 saturated heterocycles. The number of carboxylic acid groups (broad SMARTS) is 4.